The first kappa shape index (κ1) is 15.1. The van der Waals surface area contributed by atoms with Gasteiger partial charge in [-0.15, -0.1) is 10.2 Å². The minimum absolute atomic E-state index is 0.0267. The highest BCUT2D eigenvalue weighted by Gasteiger charge is 2.30. The monoisotopic (exact) mass is 321 g/mol. The van der Waals surface area contributed by atoms with Crippen LogP contribution < -0.4 is 0 Å². The number of amides is 1. The lowest BCUT2D eigenvalue weighted by molar-refractivity contribution is -0.132. The van der Waals surface area contributed by atoms with E-state index in [-0.39, 0.29) is 11.9 Å². The molecule has 8 heteroatoms. The average molecular weight is 321 g/mol. The SMILES string of the molecule is Cc1cc(C2CCCCN2C(=O)CSc2nncn2C)no1. The Bertz CT molecular complexity index is 653. The van der Waals surface area contributed by atoms with Crippen LogP contribution in [0, 0.1) is 6.92 Å². The maximum Gasteiger partial charge on any atom is 0.233 e. The fourth-order valence-corrected chi connectivity index (χ4v) is 3.47. The van der Waals surface area contributed by atoms with Crippen molar-refractivity contribution in [2.75, 3.05) is 12.3 Å². The van der Waals surface area contributed by atoms with Crippen LogP contribution in [-0.4, -0.2) is 43.0 Å². The predicted molar refractivity (Wildman–Crippen MR) is 81.3 cm³/mol. The van der Waals surface area contributed by atoms with Crippen LogP contribution in [0.1, 0.15) is 36.8 Å². The highest BCUT2D eigenvalue weighted by molar-refractivity contribution is 7.99. The van der Waals surface area contributed by atoms with Gasteiger partial charge in [0.05, 0.1) is 11.8 Å². The van der Waals surface area contributed by atoms with Gasteiger partial charge >= 0.3 is 0 Å². The van der Waals surface area contributed by atoms with Crippen LogP contribution in [0.4, 0.5) is 0 Å². The summed E-state index contributed by atoms with van der Waals surface area (Å²) in [6, 6.07) is 1.95. The molecule has 3 rings (SSSR count). The molecule has 1 fully saturated rings. The third-order valence-corrected chi connectivity index (χ3v) is 4.82. The molecule has 22 heavy (non-hydrogen) atoms. The lowest BCUT2D eigenvalue weighted by Crippen LogP contribution is -2.39. The van der Waals surface area contributed by atoms with E-state index < -0.39 is 0 Å². The highest BCUT2D eigenvalue weighted by atomic mass is 32.2. The molecule has 1 unspecified atom stereocenters. The molecule has 0 bridgehead atoms. The summed E-state index contributed by atoms with van der Waals surface area (Å²) in [6.07, 6.45) is 4.71. The van der Waals surface area contributed by atoms with Crippen LogP contribution in [0.15, 0.2) is 22.1 Å². The maximum absolute atomic E-state index is 12.6. The third kappa shape index (κ3) is 3.16. The Balaban J connectivity index is 1.67. The standard InChI is InChI=1S/C14H19N5O2S/c1-10-7-11(17-21-10)12-5-3-4-6-19(12)13(20)8-22-14-16-15-9-18(14)2/h7,9,12H,3-6,8H2,1-2H3. The quantitative estimate of drug-likeness (QED) is 0.801. The zero-order valence-corrected chi connectivity index (χ0v) is 13.5. The molecule has 3 heterocycles. The smallest absolute Gasteiger partial charge is 0.233 e. The van der Waals surface area contributed by atoms with E-state index in [2.05, 4.69) is 15.4 Å². The maximum atomic E-state index is 12.6. The van der Waals surface area contributed by atoms with Gasteiger partial charge in [0.15, 0.2) is 5.16 Å². The van der Waals surface area contributed by atoms with Crippen LogP contribution in [0.25, 0.3) is 0 Å². The number of thioether (sulfide) groups is 1. The number of hydrogen-bond acceptors (Lipinski definition) is 6. The minimum atomic E-state index is 0.0267. The summed E-state index contributed by atoms with van der Waals surface area (Å²) >= 11 is 1.41. The molecule has 1 aliphatic rings. The molecule has 0 N–H and O–H groups in total. The Hall–Kier alpha value is -1.83. The van der Waals surface area contributed by atoms with Crippen LogP contribution in [0.3, 0.4) is 0 Å². The molecule has 0 saturated carbocycles. The van der Waals surface area contributed by atoms with Crippen molar-refractivity contribution in [2.24, 2.45) is 7.05 Å². The van der Waals surface area contributed by atoms with Gasteiger partial charge in [-0.25, -0.2) is 0 Å². The lowest BCUT2D eigenvalue weighted by Gasteiger charge is -2.34. The van der Waals surface area contributed by atoms with Crippen LogP contribution in [0.2, 0.25) is 0 Å². The zero-order valence-electron chi connectivity index (χ0n) is 12.7. The van der Waals surface area contributed by atoms with Crippen LogP contribution >= 0.6 is 11.8 Å². The van der Waals surface area contributed by atoms with Crippen molar-refractivity contribution in [1.82, 2.24) is 24.8 Å². The minimum Gasteiger partial charge on any atom is -0.361 e. The van der Waals surface area contributed by atoms with Crippen molar-refractivity contribution in [3.05, 3.63) is 23.8 Å². The fourth-order valence-electron chi connectivity index (χ4n) is 2.69. The van der Waals surface area contributed by atoms with E-state index in [1.807, 2.05) is 29.5 Å². The molecule has 2 aromatic heterocycles. The second-order valence-electron chi connectivity index (χ2n) is 5.47. The number of rotatable bonds is 4. The molecular weight excluding hydrogens is 302 g/mol. The number of piperidine rings is 1. The second kappa shape index (κ2) is 6.51. The van der Waals surface area contributed by atoms with Crippen molar-refractivity contribution < 1.29 is 9.32 Å². The number of carbonyl (C=O) groups excluding carboxylic acids is 1. The van der Waals surface area contributed by atoms with Crippen molar-refractivity contribution in [3.8, 4) is 0 Å². The van der Waals surface area contributed by atoms with Gasteiger partial charge in [-0.05, 0) is 26.2 Å². The summed E-state index contributed by atoms with van der Waals surface area (Å²) in [5, 5.41) is 12.7. The van der Waals surface area contributed by atoms with Gasteiger partial charge in [0, 0.05) is 19.7 Å². The number of carbonyl (C=O) groups is 1. The number of aryl methyl sites for hydroxylation is 2. The molecule has 7 nitrogen and oxygen atoms in total. The molecule has 0 aromatic carbocycles. The average Bonchev–Trinajstić information content (AvgIpc) is 3.13. The Labute approximate surface area is 133 Å². The Morgan fingerprint density at radius 1 is 1.50 bits per heavy atom. The van der Waals surface area contributed by atoms with E-state index >= 15 is 0 Å². The molecule has 0 aliphatic carbocycles. The normalized spacial score (nSPS) is 18.6. The lowest BCUT2D eigenvalue weighted by atomic mass is 9.99. The Morgan fingerprint density at radius 3 is 3.05 bits per heavy atom. The zero-order chi connectivity index (χ0) is 15.5. The topological polar surface area (TPSA) is 77.1 Å². The summed E-state index contributed by atoms with van der Waals surface area (Å²) in [5.74, 6) is 1.25. The first-order valence-electron chi connectivity index (χ1n) is 7.34. The molecule has 0 spiro atoms. The molecule has 118 valence electrons. The van der Waals surface area contributed by atoms with E-state index in [0.29, 0.717) is 5.75 Å². The van der Waals surface area contributed by atoms with Gasteiger partial charge in [0.25, 0.3) is 0 Å². The van der Waals surface area contributed by atoms with Crippen molar-refractivity contribution in [3.63, 3.8) is 0 Å². The van der Waals surface area contributed by atoms with Gasteiger partial charge in [-0.1, -0.05) is 16.9 Å². The molecule has 1 aliphatic heterocycles. The number of likely N-dealkylation sites (tertiary alicyclic amines) is 1. The Morgan fingerprint density at radius 2 is 2.36 bits per heavy atom. The van der Waals surface area contributed by atoms with Gasteiger partial charge < -0.3 is 14.0 Å². The number of aromatic nitrogens is 4. The van der Waals surface area contributed by atoms with Gasteiger partial charge in [-0.3, -0.25) is 4.79 Å². The predicted octanol–water partition coefficient (Wildman–Crippen LogP) is 1.96. The number of hydrogen-bond donors (Lipinski definition) is 0. The molecule has 0 radical (unpaired) electrons. The first-order chi connectivity index (χ1) is 10.6. The van der Waals surface area contributed by atoms with Gasteiger partial charge in [0.2, 0.25) is 5.91 Å². The Kier molecular flexibility index (Phi) is 4.47. The fraction of sp³-hybridized carbons (Fsp3) is 0.571. The van der Waals surface area contributed by atoms with Crippen molar-refractivity contribution in [2.45, 2.75) is 37.4 Å². The first-order valence-corrected chi connectivity index (χ1v) is 8.33. The van der Waals surface area contributed by atoms with E-state index in [9.17, 15) is 4.79 Å². The summed E-state index contributed by atoms with van der Waals surface area (Å²) in [7, 11) is 1.87. The molecule has 1 saturated heterocycles. The van der Waals surface area contributed by atoms with Gasteiger partial charge in [0.1, 0.15) is 17.8 Å². The molecular formula is C14H19N5O2S. The second-order valence-corrected chi connectivity index (χ2v) is 6.42. The summed E-state index contributed by atoms with van der Waals surface area (Å²) in [6.45, 7) is 2.64. The van der Waals surface area contributed by atoms with Crippen molar-refractivity contribution >= 4 is 17.7 Å². The molecule has 2 aromatic rings. The van der Waals surface area contributed by atoms with E-state index in [0.717, 1.165) is 42.4 Å². The number of nitrogens with zero attached hydrogens (tertiary/aromatic N) is 5. The highest BCUT2D eigenvalue weighted by Crippen LogP contribution is 2.31. The largest absolute Gasteiger partial charge is 0.361 e. The van der Waals surface area contributed by atoms with E-state index in [1.165, 1.54) is 11.8 Å². The van der Waals surface area contributed by atoms with Gasteiger partial charge in [-0.2, -0.15) is 0 Å². The molecule has 1 atom stereocenters. The van der Waals surface area contributed by atoms with Crippen LogP contribution in [0.5, 0.6) is 0 Å². The van der Waals surface area contributed by atoms with Crippen molar-refractivity contribution in [1.29, 1.82) is 0 Å². The third-order valence-electron chi connectivity index (χ3n) is 3.81. The summed E-state index contributed by atoms with van der Waals surface area (Å²) in [4.78, 5) is 14.5. The summed E-state index contributed by atoms with van der Waals surface area (Å²) in [5.41, 5.74) is 0.856. The van der Waals surface area contributed by atoms with Crippen LogP contribution in [-0.2, 0) is 11.8 Å². The summed E-state index contributed by atoms with van der Waals surface area (Å²) < 4.78 is 6.98. The van der Waals surface area contributed by atoms with E-state index in [4.69, 9.17) is 4.52 Å². The van der Waals surface area contributed by atoms with E-state index in [1.54, 1.807) is 6.33 Å². The molecule has 1 amide bonds.